The maximum Gasteiger partial charge on any atom is 0.162 e. The molecule has 0 saturated carbocycles. The first-order valence-electron chi connectivity index (χ1n) is 5.81. The quantitative estimate of drug-likeness (QED) is 0.786. The van der Waals surface area contributed by atoms with Crippen LogP contribution in [0.3, 0.4) is 0 Å². The molecule has 0 radical (unpaired) electrons. The Balaban J connectivity index is 2.45. The lowest BCUT2D eigenvalue weighted by Crippen LogP contribution is -2.27. The van der Waals surface area contributed by atoms with Crippen molar-refractivity contribution in [2.24, 2.45) is 0 Å². The van der Waals surface area contributed by atoms with Crippen molar-refractivity contribution in [1.82, 2.24) is 5.32 Å². The van der Waals surface area contributed by atoms with Crippen molar-refractivity contribution in [3.8, 4) is 0 Å². The lowest BCUT2D eigenvalue weighted by atomic mass is 10.1. The number of nitrogens with one attached hydrogen (secondary N) is 1. The monoisotopic (exact) mass is 227 g/mol. The molecule has 1 N–H and O–H groups in total. The first-order chi connectivity index (χ1) is 7.65. The summed E-state index contributed by atoms with van der Waals surface area (Å²) in [7, 11) is 0. The van der Waals surface area contributed by atoms with E-state index >= 15 is 0 Å². The van der Waals surface area contributed by atoms with Gasteiger partial charge in [-0.2, -0.15) is 0 Å². The van der Waals surface area contributed by atoms with Crippen LogP contribution in [0.5, 0.6) is 0 Å². The van der Waals surface area contributed by atoms with Crippen molar-refractivity contribution in [3.05, 3.63) is 35.4 Å². The van der Waals surface area contributed by atoms with Gasteiger partial charge in [0.05, 0.1) is 0 Å². The normalized spacial score (nSPS) is 12.8. The van der Waals surface area contributed by atoms with Crippen LogP contribution in [0.2, 0.25) is 0 Å². The third-order valence-electron chi connectivity index (χ3n) is 2.62. The standard InChI is InChI=1S/C13H19F2N/c1-3-9-16-10(2)7-8-11-5-4-6-12(14)13(11)15/h4-6,10,16H,3,7-9H2,1-2H3. The number of hydrogen-bond acceptors (Lipinski definition) is 1. The molecule has 0 heterocycles. The summed E-state index contributed by atoms with van der Waals surface area (Å²) in [6.07, 6.45) is 2.47. The van der Waals surface area contributed by atoms with E-state index in [0.29, 0.717) is 18.0 Å². The number of hydrogen-bond donors (Lipinski definition) is 1. The van der Waals surface area contributed by atoms with E-state index in [-0.39, 0.29) is 0 Å². The number of aryl methyl sites for hydroxylation is 1. The van der Waals surface area contributed by atoms with Gasteiger partial charge in [0, 0.05) is 6.04 Å². The Morgan fingerprint density at radius 3 is 2.75 bits per heavy atom. The molecule has 0 aliphatic heterocycles. The average molecular weight is 227 g/mol. The van der Waals surface area contributed by atoms with Crippen LogP contribution in [-0.2, 0) is 6.42 Å². The summed E-state index contributed by atoms with van der Waals surface area (Å²) >= 11 is 0. The molecule has 0 aliphatic rings. The maximum atomic E-state index is 13.3. The highest BCUT2D eigenvalue weighted by Gasteiger charge is 2.08. The van der Waals surface area contributed by atoms with Gasteiger partial charge in [-0.3, -0.25) is 0 Å². The molecule has 0 saturated heterocycles. The van der Waals surface area contributed by atoms with Gasteiger partial charge in [-0.05, 0) is 44.4 Å². The Morgan fingerprint density at radius 2 is 2.06 bits per heavy atom. The third-order valence-corrected chi connectivity index (χ3v) is 2.62. The Labute approximate surface area is 95.9 Å². The highest BCUT2D eigenvalue weighted by Crippen LogP contribution is 2.13. The van der Waals surface area contributed by atoms with Crippen molar-refractivity contribution in [2.75, 3.05) is 6.54 Å². The molecule has 0 aromatic heterocycles. The minimum absolute atomic E-state index is 0.336. The van der Waals surface area contributed by atoms with Gasteiger partial charge in [-0.15, -0.1) is 0 Å². The van der Waals surface area contributed by atoms with E-state index in [4.69, 9.17) is 0 Å². The lowest BCUT2D eigenvalue weighted by Gasteiger charge is -2.13. The van der Waals surface area contributed by atoms with E-state index in [2.05, 4.69) is 19.2 Å². The van der Waals surface area contributed by atoms with E-state index in [1.807, 2.05) is 0 Å². The molecule has 3 heteroatoms. The minimum atomic E-state index is -0.758. The summed E-state index contributed by atoms with van der Waals surface area (Å²) in [4.78, 5) is 0. The smallest absolute Gasteiger partial charge is 0.162 e. The summed E-state index contributed by atoms with van der Waals surface area (Å²) in [5, 5.41) is 3.32. The first-order valence-corrected chi connectivity index (χ1v) is 5.81. The van der Waals surface area contributed by atoms with Crippen LogP contribution in [0.1, 0.15) is 32.3 Å². The van der Waals surface area contributed by atoms with Crippen LogP contribution in [0.25, 0.3) is 0 Å². The van der Waals surface area contributed by atoms with Crippen molar-refractivity contribution in [2.45, 2.75) is 39.2 Å². The molecule has 0 aliphatic carbocycles. The minimum Gasteiger partial charge on any atom is -0.314 e. The summed E-state index contributed by atoms with van der Waals surface area (Å²) in [6.45, 7) is 5.13. The van der Waals surface area contributed by atoms with E-state index in [9.17, 15) is 8.78 Å². The zero-order chi connectivity index (χ0) is 12.0. The topological polar surface area (TPSA) is 12.0 Å². The highest BCUT2D eigenvalue weighted by atomic mass is 19.2. The molecule has 1 unspecified atom stereocenters. The van der Waals surface area contributed by atoms with Crippen LogP contribution in [0, 0.1) is 11.6 Å². The van der Waals surface area contributed by atoms with Gasteiger partial charge in [0.15, 0.2) is 11.6 Å². The van der Waals surface area contributed by atoms with Crippen LogP contribution < -0.4 is 5.32 Å². The molecule has 90 valence electrons. The van der Waals surface area contributed by atoms with Crippen LogP contribution in [-0.4, -0.2) is 12.6 Å². The van der Waals surface area contributed by atoms with Crippen LogP contribution in [0.4, 0.5) is 8.78 Å². The predicted molar refractivity (Wildman–Crippen MR) is 62.4 cm³/mol. The lowest BCUT2D eigenvalue weighted by molar-refractivity contribution is 0.481. The summed E-state index contributed by atoms with van der Waals surface area (Å²) in [6, 6.07) is 4.68. The van der Waals surface area contributed by atoms with Gasteiger partial charge < -0.3 is 5.32 Å². The zero-order valence-electron chi connectivity index (χ0n) is 9.89. The van der Waals surface area contributed by atoms with Crippen molar-refractivity contribution >= 4 is 0 Å². The van der Waals surface area contributed by atoms with E-state index in [1.165, 1.54) is 0 Å². The number of rotatable bonds is 6. The van der Waals surface area contributed by atoms with Gasteiger partial charge in [0.2, 0.25) is 0 Å². The fraction of sp³-hybridized carbons (Fsp3) is 0.538. The van der Waals surface area contributed by atoms with Gasteiger partial charge in [0.25, 0.3) is 0 Å². The van der Waals surface area contributed by atoms with Crippen molar-refractivity contribution in [3.63, 3.8) is 0 Å². The number of halogens is 2. The molecule has 1 aromatic carbocycles. The molecule has 0 bridgehead atoms. The Bertz CT molecular complexity index is 326. The first kappa shape index (κ1) is 13.1. The van der Waals surface area contributed by atoms with Crippen molar-refractivity contribution in [1.29, 1.82) is 0 Å². The Morgan fingerprint density at radius 1 is 1.31 bits per heavy atom. The molecular formula is C13H19F2N. The SMILES string of the molecule is CCCNC(C)CCc1cccc(F)c1F. The molecular weight excluding hydrogens is 208 g/mol. The fourth-order valence-electron chi connectivity index (χ4n) is 1.61. The number of benzene rings is 1. The molecule has 0 amide bonds. The van der Waals surface area contributed by atoms with Crippen LogP contribution in [0.15, 0.2) is 18.2 Å². The second kappa shape index (κ2) is 6.59. The summed E-state index contributed by atoms with van der Waals surface area (Å²) in [5.41, 5.74) is 0.463. The van der Waals surface area contributed by atoms with E-state index < -0.39 is 11.6 Å². The molecule has 1 atom stereocenters. The van der Waals surface area contributed by atoms with Gasteiger partial charge in [-0.25, -0.2) is 8.78 Å². The van der Waals surface area contributed by atoms with Crippen molar-refractivity contribution < 1.29 is 8.78 Å². The molecule has 0 fully saturated rings. The Kier molecular flexibility index (Phi) is 5.39. The van der Waals surface area contributed by atoms with E-state index in [0.717, 1.165) is 25.5 Å². The molecule has 1 aromatic rings. The Hall–Kier alpha value is -0.960. The van der Waals surface area contributed by atoms with Gasteiger partial charge in [0.1, 0.15) is 0 Å². The van der Waals surface area contributed by atoms with Gasteiger partial charge >= 0.3 is 0 Å². The summed E-state index contributed by atoms with van der Waals surface area (Å²) < 4.78 is 26.2. The fourth-order valence-corrected chi connectivity index (χ4v) is 1.61. The van der Waals surface area contributed by atoms with E-state index in [1.54, 1.807) is 12.1 Å². The highest BCUT2D eigenvalue weighted by molar-refractivity contribution is 5.19. The molecule has 1 rings (SSSR count). The summed E-state index contributed by atoms with van der Waals surface area (Å²) in [5.74, 6) is -1.46. The second-order valence-corrected chi connectivity index (χ2v) is 4.11. The maximum absolute atomic E-state index is 13.3. The molecule has 16 heavy (non-hydrogen) atoms. The third kappa shape index (κ3) is 3.89. The average Bonchev–Trinajstić information content (AvgIpc) is 2.28. The largest absolute Gasteiger partial charge is 0.314 e. The van der Waals surface area contributed by atoms with Gasteiger partial charge in [-0.1, -0.05) is 19.1 Å². The predicted octanol–water partition coefficient (Wildman–Crippen LogP) is 3.29. The molecule has 1 nitrogen and oxygen atoms in total. The second-order valence-electron chi connectivity index (χ2n) is 4.11. The zero-order valence-corrected chi connectivity index (χ0v) is 9.89. The van der Waals surface area contributed by atoms with Crippen LogP contribution >= 0.6 is 0 Å². The molecule has 0 spiro atoms.